The number of nitrogens with one attached hydrogen (secondary N) is 1. The van der Waals surface area contributed by atoms with Gasteiger partial charge in [0.2, 0.25) is 10.0 Å². The van der Waals surface area contributed by atoms with Crippen LogP contribution in [-0.2, 0) is 14.8 Å². The van der Waals surface area contributed by atoms with Crippen LogP contribution >= 0.6 is 12.2 Å². The summed E-state index contributed by atoms with van der Waals surface area (Å²) >= 11 is 4.67. The molecule has 0 amide bonds. The zero-order valence-corrected chi connectivity index (χ0v) is 10.5. The summed E-state index contributed by atoms with van der Waals surface area (Å²) in [6.45, 7) is 4.24. The Bertz CT molecular complexity index is 347. The summed E-state index contributed by atoms with van der Waals surface area (Å²) in [6.07, 6.45) is 0.663. The zero-order chi connectivity index (χ0) is 11.7. The largest absolute Gasteiger partial charge is 0.392 e. The van der Waals surface area contributed by atoms with E-state index in [-0.39, 0.29) is 4.99 Å². The molecule has 1 rings (SSSR count). The SMILES string of the molecule is CC(C(N)=S)S(=O)(=O)NC1(C)CCOC1. The van der Waals surface area contributed by atoms with Gasteiger partial charge in [0.25, 0.3) is 0 Å². The Morgan fingerprint density at radius 2 is 2.27 bits per heavy atom. The summed E-state index contributed by atoms with van der Waals surface area (Å²) in [6, 6.07) is 0. The monoisotopic (exact) mass is 252 g/mol. The molecule has 0 aromatic rings. The van der Waals surface area contributed by atoms with Crippen molar-refractivity contribution in [3.05, 3.63) is 0 Å². The molecular formula is C8H16N2O3S2. The number of hydrogen-bond acceptors (Lipinski definition) is 4. The molecule has 1 fully saturated rings. The number of ether oxygens (including phenoxy) is 1. The van der Waals surface area contributed by atoms with E-state index in [1.54, 1.807) is 0 Å². The summed E-state index contributed by atoms with van der Waals surface area (Å²) in [5.41, 5.74) is 4.79. The van der Waals surface area contributed by atoms with Crippen LogP contribution in [0.25, 0.3) is 0 Å². The Morgan fingerprint density at radius 3 is 2.67 bits per heavy atom. The van der Waals surface area contributed by atoms with Gasteiger partial charge in [0.05, 0.1) is 17.1 Å². The van der Waals surface area contributed by atoms with Crippen molar-refractivity contribution in [1.29, 1.82) is 0 Å². The topological polar surface area (TPSA) is 81.4 Å². The van der Waals surface area contributed by atoms with Gasteiger partial charge >= 0.3 is 0 Å². The van der Waals surface area contributed by atoms with Crippen molar-refractivity contribution in [1.82, 2.24) is 4.72 Å². The minimum absolute atomic E-state index is 0.0231. The van der Waals surface area contributed by atoms with Crippen LogP contribution in [0.4, 0.5) is 0 Å². The Labute approximate surface area is 95.4 Å². The molecule has 0 aromatic heterocycles. The third kappa shape index (κ3) is 3.10. The van der Waals surface area contributed by atoms with Gasteiger partial charge in [0.1, 0.15) is 5.25 Å². The van der Waals surface area contributed by atoms with E-state index in [2.05, 4.69) is 16.9 Å². The van der Waals surface area contributed by atoms with Gasteiger partial charge in [-0.2, -0.15) is 0 Å². The van der Waals surface area contributed by atoms with Crippen LogP contribution < -0.4 is 10.5 Å². The quantitative estimate of drug-likeness (QED) is 0.675. The Morgan fingerprint density at radius 1 is 1.67 bits per heavy atom. The first-order valence-electron chi connectivity index (χ1n) is 4.67. The smallest absolute Gasteiger partial charge is 0.221 e. The minimum Gasteiger partial charge on any atom is -0.392 e. The molecule has 2 atom stereocenters. The van der Waals surface area contributed by atoms with E-state index in [9.17, 15) is 8.42 Å². The second kappa shape index (κ2) is 4.32. The lowest BCUT2D eigenvalue weighted by atomic mass is 10.0. The molecule has 1 aliphatic heterocycles. The third-order valence-corrected chi connectivity index (χ3v) is 4.94. The van der Waals surface area contributed by atoms with Gasteiger partial charge in [0.15, 0.2) is 0 Å². The van der Waals surface area contributed by atoms with E-state index in [0.29, 0.717) is 19.6 Å². The van der Waals surface area contributed by atoms with Crippen molar-refractivity contribution in [2.45, 2.75) is 31.1 Å². The van der Waals surface area contributed by atoms with Crippen molar-refractivity contribution < 1.29 is 13.2 Å². The van der Waals surface area contributed by atoms with Gasteiger partial charge in [-0.3, -0.25) is 0 Å². The van der Waals surface area contributed by atoms with Crippen LogP contribution in [0.1, 0.15) is 20.3 Å². The predicted octanol–water partition coefficient (Wildman–Crippen LogP) is -0.241. The van der Waals surface area contributed by atoms with Crippen molar-refractivity contribution in [2.75, 3.05) is 13.2 Å². The van der Waals surface area contributed by atoms with Gasteiger partial charge in [-0.25, -0.2) is 13.1 Å². The molecule has 7 heteroatoms. The molecule has 0 aliphatic carbocycles. The van der Waals surface area contributed by atoms with Crippen LogP contribution in [0, 0.1) is 0 Å². The van der Waals surface area contributed by atoms with Gasteiger partial charge < -0.3 is 10.5 Å². The molecule has 2 unspecified atom stereocenters. The molecule has 88 valence electrons. The summed E-state index contributed by atoms with van der Waals surface area (Å²) in [4.78, 5) is -0.0231. The molecule has 1 heterocycles. The molecular weight excluding hydrogens is 236 g/mol. The zero-order valence-electron chi connectivity index (χ0n) is 8.82. The molecule has 15 heavy (non-hydrogen) atoms. The fourth-order valence-corrected chi connectivity index (χ4v) is 3.04. The van der Waals surface area contributed by atoms with E-state index < -0.39 is 20.8 Å². The highest BCUT2D eigenvalue weighted by molar-refractivity contribution is 7.93. The highest BCUT2D eigenvalue weighted by Crippen LogP contribution is 2.19. The molecule has 3 N–H and O–H groups in total. The highest BCUT2D eigenvalue weighted by Gasteiger charge is 2.36. The first-order chi connectivity index (χ1) is 6.77. The first kappa shape index (κ1) is 12.8. The van der Waals surface area contributed by atoms with Gasteiger partial charge in [-0.15, -0.1) is 0 Å². The maximum absolute atomic E-state index is 11.8. The fraction of sp³-hybridized carbons (Fsp3) is 0.875. The van der Waals surface area contributed by atoms with E-state index in [1.807, 2.05) is 6.92 Å². The first-order valence-corrected chi connectivity index (χ1v) is 6.62. The van der Waals surface area contributed by atoms with Crippen LogP contribution in [0.3, 0.4) is 0 Å². The van der Waals surface area contributed by atoms with Crippen LogP contribution in [-0.4, -0.2) is 37.4 Å². The van der Waals surface area contributed by atoms with Gasteiger partial charge in [-0.1, -0.05) is 12.2 Å². The lowest BCUT2D eigenvalue weighted by Gasteiger charge is -2.25. The molecule has 0 spiro atoms. The average Bonchev–Trinajstić information content (AvgIpc) is 2.49. The van der Waals surface area contributed by atoms with E-state index >= 15 is 0 Å². The molecule has 0 aromatic carbocycles. The standard InChI is InChI=1S/C8H16N2O3S2/c1-6(7(9)14)15(11,12)10-8(2)3-4-13-5-8/h6,10H,3-5H2,1-2H3,(H2,9,14). The van der Waals surface area contributed by atoms with Crippen molar-refractivity contribution in [3.8, 4) is 0 Å². The van der Waals surface area contributed by atoms with Crippen LogP contribution in [0.2, 0.25) is 0 Å². The van der Waals surface area contributed by atoms with Crippen molar-refractivity contribution >= 4 is 27.2 Å². The van der Waals surface area contributed by atoms with E-state index in [0.717, 1.165) is 0 Å². The summed E-state index contributed by atoms with van der Waals surface area (Å²) in [5.74, 6) is 0. The highest BCUT2D eigenvalue weighted by atomic mass is 32.2. The molecule has 0 bridgehead atoms. The predicted molar refractivity (Wildman–Crippen MR) is 62.1 cm³/mol. The molecule has 0 radical (unpaired) electrons. The maximum atomic E-state index is 11.8. The minimum atomic E-state index is -3.50. The Kier molecular flexibility index (Phi) is 3.70. The second-order valence-electron chi connectivity index (χ2n) is 4.05. The molecule has 1 saturated heterocycles. The summed E-state index contributed by atoms with van der Waals surface area (Å²) in [7, 11) is -3.50. The Hall–Kier alpha value is -0.240. The van der Waals surface area contributed by atoms with Crippen molar-refractivity contribution in [3.63, 3.8) is 0 Å². The summed E-state index contributed by atoms with van der Waals surface area (Å²) < 4.78 is 31.3. The summed E-state index contributed by atoms with van der Waals surface area (Å²) in [5, 5.41) is -0.857. The maximum Gasteiger partial charge on any atom is 0.221 e. The Balaban J connectivity index is 2.76. The van der Waals surface area contributed by atoms with Crippen molar-refractivity contribution in [2.24, 2.45) is 5.73 Å². The molecule has 1 aliphatic rings. The number of nitrogens with two attached hydrogens (primary N) is 1. The number of thiocarbonyl (C=S) groups is 1. The third-order valence-electron chi connectivity index (χ3n) is 2.47. The number of hydrogen-bond donors (Lipinski definition) is 2. The molecule has 0 saturated carbocycles. The lowest BCUT2D eigenvalue weighted by Crippen LogP contribution is -2.51. The van der Waals surface area contributed by atoms with E-state index in [4.69, 9.17) is 10.5 Å². The lowest BCUT2D eigenvalue weighted by molar-refractivity contribution is 0.178. The number of rotatable bonds is 4. The normalized spacial score (nSPS) is 28.9. The average molecular weight is 252 g/mol. The molecule has 5 nitrogen and oxygen atoms in total. The van der Waals surface area contributed by atoms with Crippen LogP contribution in [0.15, 0.2) is 0 Å². The fourth-order valence-electron chi connectivity index (χ4n) is 1.33. The number of sulfonamides is 1. The van der Waals surface area contributed by atoms with E-state index in [1.165, 1.54) is 6.92 Å². The van der Waals surface area contributed by atoms with Gasteiger partial charge in [-0.05, 0) is 20.3 Å². The van der Waals surface area contributed by atoms with Gasteiger partial charge in [0, 0.05) is 6.61 Å². The second-order valence-corrected chi connectivity index (χ2v) is 6.53. The van der Waals surface area contributed by atoms with Crippen LogP contribution in [0.5, 0.6) is 0 Å².